The zero-order valence-corrected chi connectivity index (χ0v) is 13.3. The monoisotopic (exact) mass is 330 g/mol. The predicted molar refractivity (Wildman–Crippen MR) is 93.3 cm³/mol. The lowest BCUT2D eigenvalue weighted by Gasteiger charge is -2.17. The van der Waals surface area contributed by atoms with Crippen LogP contribution in [0.15, 0.2) is 85.2 Å². The molecule has 0 radical (unpaired) electrons. The summed E-state index contributed by atoms with van der Waals surface area (Å²) < 4.78 is 13.7. The van der Waals surface area contributed by atoms with E-state index in [0.717, 1.165) is 22.3 Å². The van der Waals surface area contributed by atoms with Crippen LogP contribution in [0.1, 0.15) is 17.2 Å². The van der Waals surface area contributed by atoms with Gasteiger partial charge in [-0.2, -0.15) is 4.80 Å². The molecule has 4 aromatic rings. The predicted octanol–water partition coefficient (Wildman–Crippen LogP) is 4.12. The Hall–Kier alpha value is -3.34. The normalized spacial score (nSPS) is 12.0. The minimum absolute atomic E-state index is 0.288. The maximum Gasteiger partial charge on any atom is 0.162 e. The second-order valence-corrected chi connectivity index (χ2v) is 5.70. The molecule has 0 N–H and O–H groups in total. The fourth-order valence-electron chi connectivity index (χ4n) is 2.92. The van der Waals surface area contributed by atoms with Crippen molar-refractivity contribution in [3.05, 3.63) is 102 Å². The van der Waals surface area contributed by atoms with Gasteiger partial charge in [0.05, 0.1) is 0 Å². The van der Waals surface area contributed by atoms with Crippen molar-refractivity contribution in [3.8, 4) is 11.1 Å². The number of aromatic nitrogens is 4. The third kappa shape index (κ3) is 3.17. The summed E-state index contributed by atoms with van der Waals surface area (Å²) >= 11 is 0. The molecule has 0 amide bonds. The molecule has 0 saturated heterocycles. The molecule has 4 nitrogen and oxygen atoms in total. The average molecular weight is 330 g/mol. The van der Waals surface area contributed by atoms with Crippen LogP contribution in [0.3, 0.4) is 0 Å². The van der Waals surface area contributed by atoms with Crippen LogP contribution in [0.25, 0.3) is 11.1 Å². The summed E-state index contributed by atoms with van der Waals surface area (Å²) in [5.41, 5.74) is 4.00. The van der Waals surface area contributed by atoms with Crippen LogP contribution in [0.5, 0.6) is 0 Å². The lowest BCUT2D eigenvalue weighted by molar-refractivity contribution is 0.501. The summed E-state index contributed by atoms with van der Waals surface area (Å²) in [6.07, 6.45) is 1.38. The Morgan fingerprint density at radius 2 is 1.52 bits per heavy atom. The Balaban J connectivity index is 1.75. The third-order valence-corrected chi connectivity index (χ3v) is 4.09. The molecular formula is C20H15FN4. The van der Waals surface area contributed by atoms with E-state index in [1.54, 1.807) is 6.07 Å². The van der Waals surface area contributed by atoms with Crippen LogP contribution in [0.4, 0.5) is 4.39 Å². The number of tetrazole rings is 1. The Bertz CT molecular complexity index is 951. The smallest absolute Gasteiger partial charge is 0.162 e. The average Bonchev–Trinajstić information content (AvgIpc) is 3.18. The van der Waals surface area contributed by atoms with Gasteiger partial charge in [0.2, 0.25) is 0 Å². The molecule has 1 atom stereocenters. The van der Waals surface area contributed by atoms with Gasteiger partial charge in [0.1, 0.15) is 11.9 Å². The van der Waals surface area contributed by atoms with Gasteiger partial charge in [0.15, 0.2) is 6.33 Å². The molecule has 0 bridgehead atoms. The molecule has 25 heavy (non-hydrogen) atoms. The molecule has 0 aliphatic carbocycles. The van der Waals surface area contributed by atoms with E-state index in [4.69, 9.17) is 0 Å². The van der Waals surface area contributed by atoms with Gasteiger partial charge in [-0.05, 0) is 39.6 Å². The Labute approximate surface area is 144 Å². The topological polar surface area (TPSA) is 43.6 Å². The van der Waals surface area contributed by atoms with Crippen molar-refractivity contribution in [1.82, 2.24) is 20.2 Å². The zero-order chi connectivity index (χ0) is 17.1. The number of hydrogen-bond acceptors (Lipinski definition) is 3. The second-order valence-electron chi connectivity index (χ2n) is 5.70. The summed E-state index contributed by atoms with van der Waals surface area (Å²) in [5, 5.41) is 12.0. The van der Waals surface area contributed by atoms with Crippen molar-refractivity contribution in [1.29, 1.82) is 0 Å². The van der Waals surface area contributed by atoms with Gasteiger partial charge in [-0.15, -0.1) is 10.2 Å². The Kier molecular flexibility index (Phi) is 4.04. The molecule has 1 unspecified atom stereocenters. The number of hydrogen-bond donors (Lipinski definition) is 0. The van der Waals surface area contributed by atoms with E-state index in [0.29, 0.717) is 0 Å². The van der Waals surface area contributed by atoms with Crippen molar-refractivity contribution in [2.45, 2.75) is 6.04 Å². The zero-order valence-electron chi connectivity index (χ0n) is 13.3. The number of nitrogens with zero attached hydrogens (tertiary/aromatic N) is 4. The first kappa shape index (κ1) is 15.2. The van der Waals surface area contributed by atoms with Gasteiger partial charge < -0.3 is 0 Å². The molecule has 122 valence electrons. The van der Waals surface area contributed by atoms with Crippen LogP contribution >= 0.6 is 0 Å². The van der Waals surface area contributed by atoms with Crippen molar-refractivity contribution >= 4 is 0 Å². The lowest BCUT2D eigenvalue weighted by atomic mass is 9.96. The van der Waals surface area contributed by atoms with Crippen LogP contribution in [-0.2, 0) is 0 Å². The van der Waals surface area contributed by atoms with E-state index in [-0.39, 0.29) is 11.9 Å². The maximum atomic E-state index is 13.7. The molecule has 0 saturated carbocycles. The lowest BCUT2D eigenvalue weighted by Crippen LogP contribution is -2.15. The molecule has 3 aromatic carbocycles. The van der Waals surface area contributed by atoms with E-state index in [9.17, 15) is 4.39 Å². The second kappa shape index (κ2) is 6.65. The van der Waals surface area contributed by atoms with Gasteiger partial charge >= 0.3 is 0 Å². The number of halogens is 1. The molecule has 0 fully saturated rings. The van der Waals surface area contributed by atoms with Gasteiger partial charge in [-0.1, -0.05) is 66.7 Å². The van der Waals surface area contributed by atoms with Gasteiger partial charge in [-0.3, -0.25) is 0 Å². The highest BCUT2D eigenvalue weighted by Gasteiger charge is 2.19. The molecular weight excluding hydrogens is 315 g/mol. The third-order valence-electron chi connectivity index (χ3n) is 4.09. The van der Waals surface area contributed by atoms with Crippen LogP contribution < -0.4 is 0 Å². The van der Waals surface area contributed by atoms with Crippen LogP contribution in [-0.4, -0.2) is 20.2 Å². The van der Waals surface area contributed by atoms with Gasteiger partial charge in [-0.25, -0.2) is 4.39 Å². The van der Waals surface area contributed by atoms with E-state index in [2.05, 4.69) is 27.5 Å². The minimum atomic E-state index is -0.331. The van der Waals surface area contributed by atoms with Crippen molar-refractivity contribution in [2.24, 2.45) is 0 Å². The first-order valence-corrected chi connectivity index (χ1v) is 7.94. The Morgan fingerprint density at radius 3 is 2.20 bits per heavy atom. The van der Waals surface area contributed by atoms with E-state index < -0.39 is 0 Å². The van der Waals surface area contributed by atoms with E-state index >= 15 is 0 Å². The van der Waals surface area contributed by atoms with Gasteiger partial charge in [0, 0.05) is 0 Å². The minimum Gasteiger partial charge on any atom is -0.207 e. The SMILES string of the molecule is Fc1cccc(C(c2ccc(-c3ccccc3)cc2)n2ncnn2)c1. The van der Waals surface area contributed by atoms with E-state index in [1.807, 2.05) is 48.5 Å². The molecule has 0 aliphatic heterocycles. The van der Waals surface area contributed by atoms with Crippen molar-refractivity contribution in [3.63, 3.8) is 0 Å². The molecule has 1 aromatic heterocycles. The first-order valence-electron chi connectivity index (χ1n) is 7.94. The molecule has 1 heterocycles. The van der Waals surface area contributed by atoms with E-state index in [1.165, 1.54) is 23.3 Å². The Morgan fingerprint density at radius 1 is 0.760 bits per heavy atom. The van der Waals surface area contributed by atoms with Gasteiger partial charge in [0.25, 0.3) is 0 Å². The molecule has 0 spiro atoms. The number of benzene rings is 3. The highest BCUT2D eigenvalue weighted by Crippen LogP contribution is 2.28. The molecule has 4 rings (SSSR count). The maximum absolute atomic E-state index is 13.7. The summed E-state index contributed by atoms with van der Waals surface area (Å²) in [6, 6.07) is 24.4. The fraction of sp³-hybridized carbons (Fsp3) is 0.0500. The summed E-state index contributed by atoms with van der Waals surface area (Å²) in [4.78, 5) is 1.49. The van der Waals surface area contributed by atoms with Crippen molar-refractivity contribution in [2.75, 3.05) is 0 Å². The summed E-state index contributed by atoms with van der Waals surface area (Å²) in [5.74, 6) is -0.288. The molecule has 0 aliphatic rings. The highest BCUT2D eigenvalue weighted by atomic mass is 19.1. The molecule has 5 heteroatoms. The van der Waals surface area contributed by atoms with Crippen LogP contribution in [0.2, 0.25) is 0 Å². The summed E-state index contributed by atoms with van der Waals surface area (Å²) in [6.45, 7) is 0. The quantitative estimate of drug-likeness (QED) is 0.565. The van der Waals surface area contributed by atoms with Crippen LogP contribution in [0, 0.1) is 5.82 Å². The number of rotatable bonds is 4. The fourth-order valence-corrected chi connectivity index (χ4v) is 2.92. The summed E-state index contributed by atoms with van der Waals surface area (Å²) in [7, 11) is 0. The first-order chi connectivity index (χ1) is 12.3. The standard InChI is InChI=1S/C20H15FN4/c21-19-8-4-7-18(13-19)20(25-23-14-22-24-25)17-11-9-16(10-12-17)15-5-2-1-3-6-15/h1-14,20H. The largest absolute Gasteiger partial charge is 0.207 e. The highest BCUT2D eigenvalue weighted by molar-refractivity contribution is 5.63. The van der Waals surface area contributed by atoms with Crippen molar-refractivity contribution < 1.29 is 4.39 Å².